The second kappa shape index (κ2) is 7.90. The monoisotopic (exact) mass is 291 g/mol. The fourth-order valence-corrected chi connectivity index (χ4v) is 2.29. The zero-order valence-corrected chi connectivity index (χ0v) is 12.6. The summed E-state index contributed by atoms with van der Waals surface area (Å²) in [5.41, 5.74) is 3.05. The second-order valence-electron chi connectivity index (χ2n) is 4.93. The van der Waals surface area contributed by atoms with Gasteiger partial charge in [-0.3, -0.25) is 0 Å². The highest BCUT2D eigenvalue weighted by atomic mass is 19.1. The zero-order chi connectivity index (χ0) is 15.1. The molecule has 2 rings (SSSR count). The van der Waals surface area contributed by atoms with E-state index in [4.69, 9.17) is 4.74 Å². The lowest BCUT2D eigenvalue weighted by Crippen LogP contribution is -2.19. The van der Waals surface area contributed by atoms with Gasteiger partial charge in [0.1, 0.15) is 5.82 Å². The van der Waals surface area contributed by atoms with E-state index in [-0.39, 0.29) is 5.82 Å². The molecule has 0 unspecified atom stereocenters. The Morgan fingerprint density at radius 2 is 2.24 bits per heavy atom. The molecule has 1 aromatic heterocycles. The van der Waals surface area contributed by atoms with E-state index in [2.05, 4.69) is 17.3 Å². The van der Waals surface area contributed by atoms with Crippen LogP contribution in [-0.2, 0) is 17.7 Å². The molecule has 0 fully saturated rings. The molecule has 0 aliphatic heterocycles. The maximum atomic E-state index is 13.4. The van der Waals surface area contributed by atoms with Gasteiger partial charge in [0.25, 0.3) is 0 Å². The van der Waals surface area contributed by atoms with Crippen LogP contribution in [-0.4, -0.2) is 30.0 Å². The fourth-order valence-electron chi connectivity index (χ4n) is 2.29. The van der Waals surface area contributed by atoms with Gasteiger partial charge in [0.05, 0.1) is 18.5 Å². The standard InChI is InChI=1S/C16H22FN3O/c1-3-5-16-13(11-18-8-9-21-2)12-19-20(16)15-7-4-6-14(17)10-15/h4,6-7,10,12,18H,3,5,8-9,11H2,1-2H3. The van der Waals surface area contributed by atoms with E-state index in [1.165, 1.54) is 12.1 Å². The number of rotatable bonds is 8. The molecule has 1 aromatic carbocycles. The molecule has 0 spiro atoms. The third kappa shape index (κ3) is 4.12. The molecule has 0 atom stereocenters. The van der Waals surface area contributed by atoms with E-state index in [9.17, 15) is 4.39 Å². The van der Waals surface area contributed by atoms with E-state index in [0.29, 0.717) is 6.61 Å². The Morgan fingerprint density at radius 3 is 2.95 bits per heavy atom. The number of halogens is 1. The van der Waals surface area contributed by atoms with Crippen LogP contribution in [0.1, 0.15) is 24.6 Å². The van der Waals surface area contributed by atoms with E-state index < -0.39 is 0 Å². The normalized spacial score (nSPS) is 11.0. The Bertz CT molecular complexity index is 568. The van der Waals surface area contributed by atoms with Crippen LogP contribution in [0.5, 0.6) is 0 Å². The molecule has 4 nitrogen and oxygen atoms in total. The van der Waals surface area contributed by atoms with Gasteiger partial charge in [-0.1, -0.05) is 19.4 Å². The Morgan fingerprint density at radius 1 is 1.38 bits per heavy atom. The minimum absolute atomic E-state index is 0.245. The van der Waals surface area contributed by atoms with Crippen LogP contribution in [0.25, 0.3) is 5.69 Å². The zero-order valence-electron chi connectivity index (χ0n) is 12.6. The number of ether oxygens (including phenoxy) is 1. The van der Waals surface area contributed by atoms with Crippen molar-refractivity contribution >= 4 is 0 Å². The summed E-state index contributed by atoms with van der Waals surface area (Å²) in [6.45, 7) is 4.35. The van der Waals surface area contributed by atoms with Gasteiger partial charge in [0.15, 0.2) is 0 Å². The molecule has 0 aliphatic carbocycles. The largest absolute Gasteiger partial charge is 0.383 e. The molecule has 0 bridgehead atoms. The summed E-state index contributed by atoms with van der Waals surface area (Å²) in [7, 11) is 1.69. The predicted molar refractivity (Wildman–Crippen MR) is 81.1 cm³/mol. The average Bonchev–Trinajstić information content (AvgIpc) is 2.87. The van der Waals surface area contributed by atoms with E-state index in [1.807, 2.05) is 16.9 Å². The summed E-state index contributed by atoms with van der Waals surface area (Å²) >= 11 is 0. The predicted octanol–water partition coefficient (Wildman–Crippen LogP) is 2.70. The molecule has 0 amide bonds. The van der Waals surface area contributed by atoms with Crippen molar-refractivity contribution in [1.82, 2.24) is 15.1 Å². The Labute approximate surface area is 124 Å². The highest BCUT2D eigenvalue weighted by Gasteiger charge is 2.11. The number of nitrogens with zero attached hydrogens (tertiary/aromatic N) is 2. The molecule has 21 heavy (non-hydrogen) atoms. The summed E-state index contributed by atoms with van der Waals surface area (Å²) in [5, 5.41) is 7.75. The fraction of sp³-hybridized carbons (Fsp3) is 0.438. The smallest absolute Gasteiger partial charge is 0.125 e. The first kappa shape index (κ1) is 15.7. The van der Waals surface area contributed by atoms with Gasteiger partial charge in [-0.25, -0.2) is 9.07 Å². The maximum Gasteiger partial charge on any atom is 0.125 e. The van der Waals surface area contributed by atoms with Crippen LogP contribution in [0.4, 0.5) is 4.39 Å². The van der Waals surface area contributed by atoms with Crippen LogP contribution < -0.4 is 5.32 Å². The molecule has 0 aliphatic rings. The minimum atomic E-state index is -0.245. The van der Waals surface area contributed by atoms with Crippen LogP contribution in [0.2, 0.25) is 0 Å². The number of hydrogen-bond donors (Lipinski definition) is 1. The van der Waals surface area contributed by atoms with Crippen molar-refractivity contribution in [3.63, 3.8) is 0 Å². The van der Waals surface area contributed by atoms with Gasteiger partial charge in [-0.2, -0.15) is 5.10 Å². The minimum Gasteiger partial charge on any atom is -0.383 e. The highest BCUT2D eigenvalue weighted by Crippen LogP contribution is 2.17. The van der Waals surface area contributed by atoms with Crippen molar-refractivity contribution < 1.29 is 9.13 Å². The van der Waals surface area contributed by atoms with E-state index >= 15 is 0 Å². The Balaban J connectivity index is 2.20. The van der Waals surface area contributed by atoms with Gasteiger partial charge < -0.3 is 10.1 Å². The summed E-state index contributed by atoms with van der Waals surface area (Å²) in [5.74, 6) is -0.245. The Kier molecular flexibility index (Phi) is 5.90. The van der Waals surface area contributed by atoms with Crippen LogP contribution >= 0.6 is 0 Å². The van der Waals surface area contributed by atoms with Gasteiger partial charge in [0, 0.05) is 31.5 Å². The molecular formula is C16H22FN3O. The number of hydrogen-bond acceptors (Lipinski definition) is 3. The van der Waals surface area contributed by atoms with Crippen molar-refractivity contribution in [2.75, 3.05) is 20.3 Å². The third-order valence-electron chi connectivity index (χ3n) is 3.29. The van der Waals surface area contributed by atoms with Crippen LogP contribution in [0.15, 0.2) is 30.5 Å². The number of aromatic nitrogens is 2. The van der Waals surface area contributed by atoms with Gasteiger partial charge in [-0.05, 0) is 24.6 Å². The Hall–Kier alpha value is -1.72. The lowest BCUT2D eigenvalue weighted by atomic mass is 10.1. The first-order valence-corrected chi connectivity index (χ1v) is 7.27. The molecular weight excluding hydrogens is 269 g/mol. The lowest BCUT2D eigenvalue weighted by molar-refractivity contribution is 0.199. The lowest BCUT2D eigenvalue weighted by Gasteiger charge is -2.10. The molecule has 1 heterocycles. The summed E-state index contributed by atoms with van der Waals surface area (Å²) in [6.07, 6.45) is 3.79. The van der Waals surface area contributed by atoms with E-state index in [1.54, 1.807) is 13.2 Å². The molecule has 2 aromatic rings. The van der Waals surface area contributed by atoms with Gasteiger partial charge >= 0.3 is 0 Å². The van der Waals surface area contributed by atoms with Gasteiger partial charge in [0.2, 0.25) is 0 Å². The molecule has 1 N–H and O–H groups in total. The highest BCUT2D eigenvalue weighted by molar-refractivity contribution is 5.35. The van der Waals surface area contributed by atoms with Crippen molar-refractivity contribution in [1.29, 1.82) is 0 Å². The number of methoxy groups -OCH3 is 1. The topological polar surface area (TPSA) is 39.1 Å². The first-order valence-electron chi connectivity index (χ1n) is 7.27. The summed E-state index contributed by atoms with van der Waals surface area (Å²) < 4.78 is 20.3. The molecule has 114 valence electrons. The van der Waals surface area contributed by atoms with Crippen LogP contribution in [0.3, 0.4) is 0 Å². The van der Waals surface area contributed by atoms with Gasteiger partial charge in [-0.15, -0.1) is 0 Å². The average molecular weight is 291 g/mol. The quantitative estimate of drug-likeness (QED) is 0.760. The number of nitrogens with one attached hydrogen (secondary N) is 1. The second-order valence-corrected chi connectivity index (χ2v) is 4.93. The molecule has 0 saturated carbocycles. The maximum absolute atomic E-state index is 13.4. The molecule has 5 heteroatoms. The van der Waals surface area contributed by atoms with Crippen molar-refractivity contribution in [3.05, 3.63) is 47.5 Å². The molecule has 0 saturated heterocycles. The van der Waals surface area contributed by atoms with Crippen LogP contribution in [0, 0.1) is 5.82 Å². The SMILES string of the molecule is CCCc1c(CNCCOC)cnn1-c1cccc(F)c1. The number of benzene rings is 1. The van der Waals surface area contributed by atoms with Crippen molar-refractivity contribution in [2.45, 2.75) is 26.3 Å². The third-order valence-corrected chi connectivity index (χ3v) is 3.29. The van der Waals surface area contributed by atoms with Crippen molar-refractivity contribution in [2.24, 2.45) is 0 Å². The summed E-state index contributed by atoms with van der Waals surface area (Å²) in [4.78, 5) is 0. The first-order chi connectivity index (χ1) is 10.3. The summed E-state index contributed by atoms with van der Waals surface area (Å²) in [6, 6.07) is 6.53. The van der Waals surface area contributed by atoms with Crippen molar-refractivity contribution in [3.8, 4) is 5.69 Å². The molecule has 0 radical (unpaired) electrons. The van der Waals surface area contributed by atoms with E-state index in [0.717, 1.165) is 42.9 Å².